The van der Waals surface area contributed by atoms with Crippen molar-refractivity contribution in [2.45, 2.75) is 19.3 Å². The lowest BCUT2D eigenvalue weighted by Gasteiger charge is -2.25. The SMILES string of the molecule is CC(C)(CNC(=O)c1cccs1)c1ccccc1. The Labute approximate surface area is 112 Å². The van der Waals surface area contributed by atoms with E-state index in [4.69, 9.17) is 0 Å². The predicted molar refractivity (Wildman–Crippen MR) is 76.1 cm³/mol. The van der Waals surface area contributed by atoms with Gasteiger partial charge in [-0.05, 0) is 17.0 Å². The van der Waals surface area contributed by atoms with Gasteiger partial charge in [0.15, 0.2) is 0 Å². The van der Waals surface area contributed by atoms with Crippen molar-refractivity contribution < 1.29 is 4.79 Å². The van der Waals surface area contributed by atoms with Crippen molar-refractivity contribution >= 4 is 17.2 Å². The summed E-state index contributed by atoms with van der Waals surface area (Å²) in [5, 5.41) is 4.91. The van der Waals surface area contributed by atoms with Gasteiger partial charge in [-0.2, -0.15) is 0 Å². The van der Waals surface area contributed by atoms with Crippen LogP contribution in [0.1, 0.15) is 29.1 Å². The van der Waals surface area contributed by atoms with Crippen LogP contribution in [0, 0.1) is 0 Å². The quantitative estimate of drug-likeness (QED) is 0.895. The highest BCUT2D eigenvalue weighted by Gasteiger charge is 2.21. The van der Waals surface area contributed by atoms with Crippen LogP contribution < -0.4 is 5.32 Å². The van der Waals surface area contributed by atoms with Crippen molar-refractivity contribution in [3.63, 3.8) is 0 Å². The third-order valence-electron chi connectivity index (χ3n) is 2.99. The molecule has 1 aromatic heterocycles. The zero-order valence-electron chi connectivity index (χ0n) is 10.6. The number of benzene rings is 1. The number of hydrogen-bond acceptors (Lipinski definition) is 2. The average molecular weight is 259 g/mol. The van der Waals surface area contributed by atoms with Crippen molar-refractivity contribution in [3.8, 4) is 0 Å². The smallest absolute Gasteiger partial charge is 0.261 e. The van der Waals surface area contributed by atoms with Crippen molar-refractivity contribution in [2.24, 2.45) is 0 Å². The molecule has 1 aromatic carbocycles. The second kappa shape index (κ2) is 5.36. The van der Waals surface area contributed by atoms with Gasteiger partial charge in [0.25, 0.3) is 5.91 Å². The fourth-order valence-corrected chi connectivity index (χ4v) is 2.43. The van der Waals surface area contributed by atoms with E-state index in [9.17, 15) is 4.79 Å². The Morgan fingerprint density at radius 2 is 1.89 bits per heavy atom. The van der Waals surface area contributed by atoms with Crippen LogP contribution in [0.15, 0.2) is 47.8 Å². The first-order valence-electron chi connectivity index (χ1n) is 5.97. The van der Waals surface area contributed by atoms with Crippen LogP contribution in [0.3, 0.4) is 0 Å². The molecule has 0 aliphatic carbocycles. The van der Waals surface area contributed by atoms with Crippen LogP contribution in [0.25, 0.3) is 0 Å². The lowest BCUT2D eigenvalue weighted by molar-refractivity contribution is 0.0950. The molecule has 1 amide bonds. The van der Waals surface area contributed by atoms with Gasteiger partial charge < -0.3 is 5.32 Å². The summed E-state index contributed by atoms with van der Waals surface area (Å²) in [4.78, 5) is 12.6. The molecule has 0 fully saturated rings. The highest BCUT2D eigenvalue weighted by molar-refractivity contribution is 7.12. The van der Waals surface area contributed by atoms with Crippen LogP contribution in [-0.2, 0) is 5.41 Å². The lowest BCUT2D eigenvalue weighted by Crippen LogP contribution is -2.36. The summed E-state index contributed by atoms with van der Waals surface area (Å²) in [6, 6.07) is 14.0. The minimum atomic E-state index is -0.0613. The molecular formula is C15H17NOS. The summed E-state index contributed by atoms with van der Waals surface area (Å²) in [6.07, 6.45) is 0. The molecule has 1 heterocycles. The Balaban J connectivity index is 1.99. The highest BCUT2D eigenvalue weighted by Crippen LogP contribution is 2.22. The van der Waals surface area contributed by atoms with E-state index in [1.165, 1.54) is 16.9 Å². The summed E-state index contributed by atoms with van der Waals surface area (Å²) in [7, 11) is 0. The topological polar surface area (TPSA) is 29.1 Å². The first-order valence-corrected chi connectivity index (χ1v) is 6.85. The largest absolute Gasteiger partial charge is 0.350 e. The van der Waals surface area contributed by atoms with Gasteiger partial charge in [-0.25, -0.2) is 0 Å². The number of thiophene rings is 1. The van der Waals surface area contributed by atoms with E-state index in [-0.39, 0.29) is 11.3 Å². The van der Waals surface area contributed by atoms with E-state index < -0.39 is 0 Å². The molecule has 0 aliphatic rings. The van der Waals surface area contributed by atoms with Gasteiger partial charge in [-0.1, -0.05) is 50.2 Å². The molecule has 3 heteroatoms. The third-order valence-corrected chi connectivity index (χ3v) is 3.86. The van der Waals surface area contributed by atoms with Gasteiger partial charge in [0.2, 0.25) is 0 Å². The zero-order valence-corrected chi connectivity index (χ0v) is 11.5. The number of carbonyl (C=O) groups excluding carboxylic acids is 1. The molecule has 2 rings (SSSR count). The number of rotatable bonds is 4. The number of nitrogens with one attached hydrogen (secondary N) is 1. The highest BCUT2D eigenvalue weighted by atomic mass is 32.1. The second-order valence-corrected chi connectivity index (χ2v) is 5.86. The maximum Gasteiger partial charge on any atom is 0.261 e. The van der Waals surface area contributed by atoms with Crippen molar-refractivity contribution in [1.29, 1.82) is 0 Å². The van der Waals surface area contributed by atoms with Gasteiger partial charge in [0.05, 0.1) is 4.88 Å². The Morgan fingerprint density at radius 1 is 1.17 bits per heavy atom. The summed E-state index contributed by atoms with van der Waals surface area (Å²) in [5.74, 6) is 0.00834. The maximum atomic E-state index is 11.9. The van der Waals surface area contributed by atoms with E-state index in [0.717, 1.165) is 4.88 Å². The van der Waals surface area contributed by atoms with Gasteiger partial charge in [-0.15, -0.1) is 11.3 Å². The zero-order chi connectivity index (χ0) is 13.0. The van der Waals surface area contributed by atoms with Gasteiger partial charge in [0, 0.05) is 12.0 Å². The Kier molecular flexibility index (Phi) is 3.82. The minimum absolute atomic E-state index is 0.00834. The van der Waals surface area contributed by atoms with Crippen LogP contribution in [-0.4, -0.2) is 12.5 Å². The van der Waals surface area contributed by atoms with Crippen molar-refractivity contribution in [1.82, 2.24) is 5.32 Å². The Morgan fingerprint density at radius 3 is 2.50 bits per heavy atom. The summed E-state index contributed by atoms with van der Waals surface area (Å²) in [5.41, 5.74) is 1.17. The molecule has 0 bridgehead atoms. The molecule has 0 atom stereocenters. The van der Waals surface area contributed by atoms with Crippen molar-refractivity contribution in [2.75, 3.05) is 6.54 Å². The Hall–Kier alpha value is -1.61. The number of amides is 1. The predicted octanol–water partition coefficient (Wildman–Crippen LogP) is 3.46. The van der Waals surface area contributed by atoms with Gasteiger partial charge in [0.1, 0.15) is 0 Å². The monoisotopic (exact) mass is 259 g/mol. The van der Waals surface area contributed by atoms with Crippen LogP contribution in [0.5, 0.6) is 0 Å². The van der Waals surface area contributed by atoms with Crippen molar-refractivity contribution in [3.05, 3.63) is 58.3 Å². The van der Waals surface area contributed by atoms with Crippen LogP contribution in [0.2, 0.25) is 0 Å². The molecule has 0 radical (unpaired) electrons. The molecule has 0 saturated heterocycles. The standard InChI is InChI=1S/C15H17NOS/c1-15(2,12-7-4-3-5-8-12)11-16-14(17)13-9-6-10-18-13/h3-10H,11H2,1-2H3,(H,16,17). The molecule has 0 spiro atoms. The summed E-state index contributed by atoms with van der Waals surface area (Å²) in [6.45, 7) is 4.90. The fourth-order valence-electron chi connectivity index (χ4n) is 1.79. The molecule has 0 unspecified atom stereocenters. The molecule has 18 heavy (non-hydrogen) atoms. The molecule has 2 nitrogen and oxygen atoms in total. The molecule has 0 aliphatic heterocycles. The van der Waals surface area contributed by atoms with Crippen LogP contribution >= 0.6 is 11.3 Å². The number of carbonyl (C=O) groups is 1. The van der Waals surface area contributed by atoms with E-state index in [2.05, 4.69) is 31.3 Å². The fraction of sp³-hybridized carbons (Fsp3) is 0.267. The molecular weight excluding hydrogens is 242 g/mol. The molecule has 94 valence electrons. The Bertz CT molecular complexity index is 503. The second-order valence-electron chi connectivity index (χ2n) is 4.91. The lowest BCUT2D eigenvalue weighted by atomic mass is 9.84. The maximum absolute atomic E-state index is 11.9. The summed E-state index contributed by atoms with van der Waals surface area (Å²) >= 11 is 1.47. The average Bonchev–Trinajstić information content (AvgIpc) is 2.91. The normalized spacial score (nSPS) is 11.2. The molecule has 0 saturated carbocycles. The first kappa shape index (κ1) is 12.8. The summed E-state index contributed by atoms with van der Waals surface area (Å²) < 4.78 is 0. The van der Waals surface area contributed by atoms with E-state index in [1.54, 1.807) is 0 Å². The van der Waals surface area contributed by atoms with Crippen LogP contribution in [0.4, 0.5) is 0 Å². The van der Waals surface area contributed by atoms with E-state index in [0.29, 0.717) is 6.54 Å². The van der Waals surface area contributed by atoms with E-state index in [1.807, 2.05) is 35.7 Å². The molecule has 2 aromatic rings. The minimum Gasteiger partial charge on any atom is -0.350 e. The van der Waals surface area contributed by atoms with Gasteiger partial charge in [-0.3, -0.25) is 4.79 Å². The van der Waals surface area contributed by atoms with E-state index >= 15 is 0 Å². The first-order chi connectivity index (χ1) is 8.59. The number of hydrogen-bond donors (Lipinski definition) is 1. The van der Waals surface area contributed by atoms with Gasteiger partial charge >= 0.3 is 0 Å². The third kappa shape index (κ3) is 2.99. The molecule has 1 N–H and O–H groups in total.